The first-order valence-electron chi connectivity index (χ1n) is 10.6. The highest BCUT2D eigenvalue weighted by Gasteiger charge is 2.21. The van der Waals surface area contributed by atoms with E-state index in [0.29, 0.717) is 18.9 Å². The SMILES string of the molecule is CN=C(NCCC(=O)N1CCCC(C)C1)N1CCC(=Cc2ccccc2)CC1. The van der Waals surface area contributed by atoms with Crippen molar-refractivity contribution in [1.29, 1.82) is 0 Å². The standard InChI is InChI=1S/C23H34N4O/c1-19-7-6-14-27(18-19)22(28)10-13-25-23(24-2)26-15-11-21(12-16-26)17-20-8-4-3-5-9-20/h3-5,8-9,17,19H,6-7,10-16,18H2,1-2H3,(H,24,25). The first-order valence-corrected chi connectivity index (χ1v) is 10.6. The number of benzene rings is 1. The summed E-state index contributed by atoms with van der Waals surface area (Å²) in [5, 5.41) is 3.39. The number of nitrogens with zero attached hydrogens (tertiary/aromatic N) is 3. The summed E-state index contributed by atoms with van der Waals surface area (Å²) in [6, 6.07) is 10.5. The van der Waals surface area contributed by atoms with Crippen LogP contribution in [0.4, 0.5) is 0 Å². The van der Waals surface area contributed by atoms with Crippen LogP contribution in [0, 0.1) is 5.92 Å². The molecule has 2 aliphatic rings. The Kier molecular flexibility index (Phi) is 7.52. The number of rotatable bonds is 4. The van der Waals surface area contributed by atoms with E-state index < -0.39 is 0 Å². The van der Waals surface area contributed by atoms with Gasteiger partial charge in [0, 0.05) is 46.2 Å². The molecule has 2 heterocycles. The van der Waals surface area contributed by atoms with Crippen LogP contribution in [0.5, 0.6) is 0 Å². The Bertz CT molecular complexity index is 688. The van der Waals surface area contributed by atoms with Gasteiger partial charge in [-0.1, -0.05) is 48.9 Å². The van der Waals surface area contributed by atoms with E-state index in [1.165, 1.54) is 17.6 Å². The minimum atomic E-state index is 0.265. The normalized spacial score (nSPS) is 20.9. The van der Waals surface area contributed by atoms with Crippen molar-refractivity contribution in [1.82, 2.24) is 15.1 Å². The summed E-state index contributed by atoms with van der Waals surface area (Å²) < 4.78 is 0. The fraction of sp³-hybridized carbons (Fsp3) is 0.565. The molecule has 1 N–H and O–H groups in total. The molecule has 1 amide bonds. The number of carbonyl (C=O) groups excluding carboxylic acids is 1. The van der Waals surface area contributed by atoms with Gasteiger partial charge in [-0.25, -0.2) is 0 Å². The number of hydrogen-bond donors (Lipinski definition) is 1. The molecule has 1 aromatic rings. The van der Waals surface area contributed by atoms with Gasteiger partial charge in [0.25, 0.3) is 0 Å². The molecular weight excluding hydrogens is 348 g/mol. The lowest BCUT2D eigenvalue weighted by Crippen LogP contribution is -2.46. The van der Waals surface area contributed by atoms with E-state index in [4.69, 9.17) is 0 Å². The van der Waals surface area contributed by atoms with Crippen LogP contribution in [0.3, 0.4) is 0 Å². The van der Waals surface area contributed by atoms with Gasteiger partial charge < -0.3 is 15.1 Å². The summed E-state index contributed by atoms with van der Waals surface area (Å²) in [4.78, 5) is 21.2. The number of carbonyl (C=O) groups is 1. The Morgan fingerprint density at radius 3 is 2.61 bits per heavy atom. The molecule has 5 nitrogen and oxygen atoms in total. The maximum absolute atomic E-state index is 12.4. The first-order chi connectivity index (χ1) is 13.7. The number of aliphatic imine (C=N–C) groups is 1. The largest absolute Gasteiger partial charge is 0.356 e. The molecule has 5 heteroatoms. The molecular formula is C23H34N4O. The second-order valence-corrected chi connectivity index (χ2v) is 8.01. The summed E-state index contributed by atoms with van der Waals surface area (Å²) in [6.45, 7) is 6.65. The zero-order chi connectivity index (χ0) is 19.8. The summed E-state index contributed by atoms with van der Waals surface area (Å²) in [7, 11) is 1.83. The molecule has 2 saturated heterocycles. The Hall–Kier alpha value is -2.30. The fourth-order valence-electron chi connectivity index (χ4n) is 4.12. The summed E-state index contributed by atoms with van der Waals surface area (Å²) in [5.41, 5.74) is 2.77. The molecule has 3 rings (SSSR count). The third-order valence-corrected chi connectivity index (χ3v) is 5.72. The van der Waals surface area contributed by atoms with Crippen molar-refractivity contribution in [3.63, 3.8) is 0 Å². The molecule has 0 aliphatic carbocycles. The van der Waals surface area contributed by atoms with E-state index in [-0.39, 0.29) is 5.91 Å². The number of nitrogens with one attached hydrogen (secondary N) is 1. The van der Waals surface area contributed by atoms with Crippen LogP contribution in [0.2, 0.25) is 0 Å². The van der Waals surface area contributed by atoms with Gasteiger partial charge in [0.1, 0.15) is 0 Å². The Morgan fingerprint density at radius 2 is 1.93 bits per heavy atom. The van der Waals surface area contributed by atoms with E-state index in [1.54, 1.807) is 0 Å². The monoisotopic (exact) mass is 382 g/mol. The third kappa shape index (κ3) is 5.85. The highest BCUT2D eigenvalue weighted by molar-refractivity contribution is 5.81. The van der Waals surface area contributed by atoms with Gasteiger partial charge >= 0.3 is 0 Å². The van der Waals surface area contributed by atoms with E-state index in [9.17, 15) is 4.79 Å². The second kappa shape index (κ2) is 10.3. The van der Waals surface area contributed by atoms with Gasteiger partial charge in [-0.2, -0.15) is 0 Å². The van der Waals surface area contributed by atoms with Crippen LogP contribution < -0.4 is 5.32 Å². The highest BCUT2D eigenvalue weighted by Crippen LogP contribution is 2.19. The van der Waals surface area contributed by atoms with E-state index in [2.05, 4.69) is 58.5 Å². The van der Waals surface area contributed by atoms with Crippen LogP contribution in [-0.4, -0.2) is 61.4 Å². The molecule has 152 valence electrons. The van der Waals surface area contributed by atoms with Crippen molar-refractivity contribution >= 4 is 17.9 Å². The second-order valence-electron chi connectivity index (χ2n) is 8.01. The van der Waals surface area contributed by atoms with Crippen molar-refractivity contribution < 1.29 is 4.79 Å². The minimum Gasteiger partial charge on any atom is -0.356 e. The average molecular weight is 383 g/mol. The lowest BCUT2D eigenvalue weighted by Gasteiger charge is -2.32. The molecule has 2 fully saturated rings. The minimum absolute atomic E-state index is 0.265. The van der Waals surface area contributed by atoms with Gasteiger partial charge in [-0.3, -0.25) is 9.79 Å². The zero-order valence-electron chi connectivity index (χ0n) is 17.4. The summed E-state index contributed by atoms with van der Waals surface area (Å²) in [5.74, 6) is 1.81. The van der Waals surface area contributed by atoms with Crippen LogP contribution in [0.25, 0.3) is 6.08 Å². The van der Waals surface area contributed by atoms with Gasteiger partial charge in [-0.15, -0.1) is 0 Å². The van der Waals surface area contributed by atoms with Crippen molar-refractivity contribution in [2.45, 2.75) is 39.0 Å². The Labute approximate surface area is 169 Å². The lowest BCUT2D eigenvalue weighted by atomic mass is 10.00. The van der Waals surface area contributed by atoms with Gasteiger partial charge in [0.15, 0.2) is 5.96 Å². The summed E-state index contributed by atoms with van der Waals surface area (Å²) >= 11 is 0. The highest BCUT2D eigenvalue weighted by atomic mass is 16.2. The van der Waals surface area contributed by atoms with Crippen molar-refractivity contribution in [3.8, 4) is 0 Å². The van der Waals surface area contributed by atoms with Gasteiger partial charge in [0.2, 0.25) is 5.91 Å². The average Bonchev–Trinajstić information content (AvgIpc) is 2.73. The maximum Gasteiger partial charge on any atom is 0.224 e. The number of piperidine rings is 2. The third-order valence-electron chi connectivity index (χ3n) is 5.72. The molecule has 0 bridgehead atoms. The maximum atomic E-state index is 12.4. The quantitative estimate of drug-likeness (QED) is 0.641. The van der Waals surface area contributed by atoms with E-state index in [0.717, 1.165) is 51.4 Å². The smallest absolute Gasteiger partial charge is 0.224 e. The molecule has 0 saturated carbocycles. The number of likely N-dealkylation sites (tertiary alicyclic amines) is 2. The molecule has 1 atom stereocenters. The van der Waals surface area contributed by atoms with E-state index >= 15 is 0 Å². The molecule has 0 radical (unpaired) electrons. The Morgan fingerprint density at radius 1 is 1.18 bits per heavy atom. The van der Waals surface area contributed by atoms with Crippen molar-refractivity contribution in [3.05, 3.63) is 41.5 Å². The topological polar surface area (TPSA) is 47.9 Å². The fourth-order valence-corrected chi connectivity index (χ4v) is 4.12. The lowest BCUT2D eigenvalue weighted by molar-refractivity contribution is -0.132. The van der Waals surface area contributed by atoms with Crippen LogP contribution >= 0.6 is 0 Å². The van der Waals surface area contributed by atoms with Crippen molar-refractivity contribution in [2.24, 2.45) is 10.9 Å². The van der Waals surface area contributed by atoms with Gasteiger partial charge in [0.05, 0.1) is 0 Å². The first kappa shape index (κ1) is 20.4. The number of hydrogen-bond acceptors (Lipinski definition) is 2. The van der Waals surface area contributed by atoms with E-state index in [1.807, 2.05) is 11.9 Å². The number of guanidine groups is 1. The van der Waals surface area contributed by atoms with Crippen molar-refractivity contribution in [2.75, 3.05) is 39.8 Å². The molecule has 28 heavy (non-hydrogen) atoms. The predicted octanol–water partition coefficient (Wildman–Crippen LogP) is 3.39. The molecule has 2 aliphatic heterocycles. The van der Waals surface area contributed by atoms with Crippen LogP contribution in [-0.2, 0) is 4.79 Å². The number of amides is 1. The zero-order valence-corrected chi connectivity index (χ0v) is 17.4. The Balaban J connectivity index is 1.42. The molecule has 0 spiro atoms. The van der Waals surface area contributed by atoms with Gasteiger partial charge in [-0.05, 0) is 37.2 Å². The summed E-state index contributed by atoms with van der Waals surface area (Å²) in [6.07, 6.45) is 7.34. The molecule has 0 aromatic heterocycles. The molecule has 1 unspecified atom stereocenters. The van der Waals surface area contributed by atoms with Crippen LogP contribution in [0.1, 0.15) is 44.6 Å². The molecule has 1 aromatic carbocycles. The predicted molar refractivity (Wildman–Crippen MR) is 116 cm³/mol. The van der Waals surface area contributed by atoms with Crippen LogP contribution in [0.15, 0.2) is 40.9 Å².